The number of fused-ring (bicyclic) bond motifs is 1. The zero-order valence-electron chi connectivity index (χ0n) is 15.2. The van der Waals surface area contributed by atoms with Crippen LogP contribution in [0, 0.1) is 5.82 Å². The second kappa shape index (κ2) is 6.92. The number of carbonyl (C=O) groups excluding carboxylic acids is 1. The van der Waals surface area contributed by atoms with E-state index in [1.807, 2.05) is 31.2 Å². The summed E-state index contributed by atoms with van der Waals surface area (Å²) in [7, 11) is 0. The molecule has 1 aliphatic heterocycles. The van der Waals surface area contributed by atoms with Crippen LogP contribution in [0.1, 0.15) is 28.4 Å². The van der Waals surface area contributed by atoms with Crippen LogP contribution >= 0.6 is 0 Å². The minimum atomic E-state index is -0.742. The van der Waals surface area contributed by atoms with Crippen LogP contribution in [-0.4, -0.2) is 21.5 Å². The van der Waals surface area contributed by atoms with E-state index in [0.29, 0.717) is 6.42 Å². The zero-order chi connectivity index (χ0) is 19.8. The molecular formula is C21H18FN3O3. The maximum atomic E-state index is 14.0. The minimum Gasteiger partial charge on any atom is -0.313 e. The Hall–Kier alpha value is -3.48. The molecule has 1 N–H and O–H groups in total. The summed E-state index contributed by atoms with van der Waals surface area (Å²) in [6.07, 6.45) is 1.83. The summed E-state index contributed by atoms with van der Waals surface area (Å²) in [6, 6.07) is 13.3. The minimum absolute atomic E-state index is 0.115. The van der Waals surface area contributed by atoms with Gasteiger partial charge in [0.15, 0.2) is 0 Å². The first-order valence-electron chi connectivity index (χ1n) is 8.94. The standard InChI is InChI=1S/C21H18FN3O3/c1-13-10-14-6-3-5-9-18(14)25(13)20(27)16-11-23-21(28)24(19(16)26)12-15-7-2-4-8-17(15)22/h2-9,11,13H,10,12H2,1H3,(H,23,28). The summed E-state index contributed by atoms with van der Waals surface area (Å²) in [4.78, 5) is 42.2. The van der Waals surface area contributed by atoms with Gasteiger partial charge in [0.1, 0.15) is 11.4 Å². The molecule has 2 aromatic carbocycles. The van der Waals surface area contributed by atoms with Crippen LogP contribution in [0.25, 0.3) is 0 Å². The Bertz CT molecular complexity index is 1180. The highest BCUT2D eigenvalue weighted by molar-refractivity contribution is 6.07. The average molecular weight is 379 g/mol. The molecule has 7 heteroatoms. The molecular weight excluding hydrogens is 361 g/mol. The summed E-state index contributed by atoms with van der Waals surface area (Å²) >= 11 is 0. The number of para-hydroxylation sites is 1. The van der Waals surface area contributed by atoms with Crippen LogP contribution < -0.4 is 16.1 Å². The Morgan fingerprint density at radius 3 is 2.64 bits per heavy atom. The van der Waals surface area contributed by atoms with E-state index in [-0.39, 0.29) is 23.7 Å². The lowest BCUT2D eigenvalue weighted by Gasteiger charge is -2.22. The van der Waals surface area contributed by atoms with Gasteiger partial charge in [0.05, 0.1) is 6.54 Å². The Morgan fingerprint density at radius 1 is 1.14 bits per heavy atom. The Kier molecular flexibility index (Phi) is 4.43. The van der Waals surface area contributed by atoms with Crippen molar-refractivity contribution in [3.63, 3.8) is 0 Å². The normalized spacial score (nSPS) is 15.5. The topological polar surface area (TPSA) is 75.2 Å². The van der Waals surface area contributed by atoms with Crippen molar-refractivity contribution in [3.8, 4) is 0 Å². The van der Waals surface area contributed by atoms with E-state index in [9.17, 15) is 18.8 Å². The van der Waals surface area contributed by atoms with Crippen LogP contribution in [0.2, 0.25) is 0 Å². The number of rotatable bonds is 3. The van der Waals surface area contributed by atoms with E-state index < -0.39 is 23.0 Å². The zero-order valence-corrected chi connectivity index (χ0v) is 15.2. The summed E-state index contributed by atoms with van der Waals surface area (Å²) in [5, 5.41) is 0. The van der Waals surface area contributed by atoms with E-state index in [4.69, 9.17) is 0 Å². The summed E-state index contributed by atoms with van der Waals surface area (Å²) in [6.45, 7) is 1.65. The average Bonchev–Trinajstić information content (AvgIpc) is 3.01. The van der Waals surface area contributed by atoms with Crippen LogP contribution in [0.15, 0.2) is 64.3 Å². The number of amides is 1. The molecule has 0 saturated heterocycles. The van der Waals surface area contributed by atoms with Gasteiger partial charge in [-0.25, -0.2) is 9.18 Å². The molecule has 4 rings (SSSR count). The lowest BCUT2D eigenvalue weighted by Crippen LogP contribution is -2.44. The monoisotopic (exact) mass is 379 g/mol. The van der Waals surface area contributed by atoms with Gasteiger partial charge in [0.2, 0.25) is 0 Å². The molecule has 1 amide bonds. The second-order valence-electron chi connectivity index (χ2n) is 6.85. The number of nitrogens with one attached hydrogen (secondary N) is 1. The van der Waals surface area contributed by atoms with Crippen LogP contribution in [0.3, 0.4) is 0 Å². The molecule has 1 atom stereocenters. The van der Waals surface area contributed by atoms with Crippen molar-refractivity contribution >= 4 is 11.6 Å². The number of nitrogens with zero attached hydrogens (tertiary/aromatic N) is 2. The molecule has 6 nitrogen and oxygen atoms in total. The maximum absolute atomic E-state index is 14.0. The molecule has 2 heterocycles. The van der Waals surface area contributed by atoms with Gasteiger partial charge in [-0.1, -0.05) is 36.4 Å². The first-order valence-corrected chi connectivity index (χ1v) is 8.94. The largest absolute Gasteiger partial charge is 0.328 e. The first kappa shape index (κ1) is 17.9. The van der Waals surface area contributed by atoms with Crippen molar-refractivity contribution in [1.82, 2.24) is 9.55 Å². The molecule has 28 heavy (non-hydrogen) atoms. The van der Waals surface area contributed by atoms with Gasteiger partial charge in [-0.15, -0.1) is 0 Å². The number of carbonyl (C=O) groups is 1. The highest BCUT2D eigenvalue weighted by Crippen LogP contribution is 2.32. The number of halogens is 1. The van der Waals surface area contributed by atoms with Crippen molar-refractivity contribution in [2.45, 2.75) is 25.9 Å². The van der Waals surface area contributed by atoms with Gasteiger partial charge in [-0.3, -0.25) is 14.2 Å². The van der Waals surface area contributed by atoms with Gasteiger partial charge in [-0.2, -0.15) is 0 Å². The van der Waals surface area contributed by atoms with Gasteiger partial charge in [-0.05, 0) is 31.0 Å². The lowest BCUT2D eigenvalue weighted by atomic mass is 10.1. The highest BCUT2D eigenvalue weighted by atomic mass is 19.1. The molecule has 0 fully saturated rings. The fourth-order valence-electron chi connectivity index (χ4n) is 3.61. The maximum Gasteiger partial charge on any atom is 0.328 e. The van der Waals surface area contributed by atoms with E-state index in [0.717, 1.165) is 22.0 Å². The smallest absolute Gasteiger partial charge is 0.313 e. The third-order valence-electron chi connectivity index (χ3n) is 5.00. The predicted molar refractivity (Wildman–Crippen MR) is 103 cm³/mol. The molecule has 0 radical (unpaired) electrons. The van der Waals surface area contributed by atoms with Crippen molar-refractivity contribution in [2.24, 2.45) is 0 Å². The predicted octanol–water partition coefficient (Wildman–Crippen LogP) is 2.32. The Labute approximate surface area is 159 Å². The quantitative estimate of drug-likeness (QED) is 0.759. The fraction of sp³-hybridized carbons (Fsp3) is 0.190. The van der Waals surface area contributed by atoms with Crippen molar-refractivity contribution in [3.05, 3.63) is 98.1 Å². The SMILES string of the molecule is CC1Cc2ccccc2N1C(=O)c1c[nH]c(=O)n(Cc2ccccc2F)c1=O. The number of anilines is 1. The highest BCUT2D eigenvalue weighted by Gasteiger charge is 2.33. The molecule has 0 saturated carbocycles. The van der Waals surface area contributed by atoms with Crippen LogP contribution in [-0.2, 0) is 13.0 Å². The number of aromatic amines is 1. The summed E-state index contributed by atoms with van der Waals surface area (Å²) in [5.41, 5.74) is 0.387. The van der Waals surface area contributed by atoms with Crippen LogP contribution in [0.5, 0.6) is 0 Å². The molecule has 0 aliphatic carbocycles. The van der Waals surface area contributed by atoms with E-state index in [1.165, 1.54) is 18.2 Å². The molecule has 1 aromatic heterocycles. The number of hydrogen-bond acceptors (Lipinski definition) is 3. The van der Waals surface area contributed by atoms with E-state index in [1.54, 1.807) is 11.0 Å². The van der Waals surface area contributed by atoms with Crippen molar-refractivity contribution in [1.29, 1.82) is 0 Å². The van der Waals surface area contributed by atoms with Gasteiger partial charge < -0.3 is 9.88 Å². The molecule has 142 valence electrons. The Balaban J connectivity index is 1.76. The summed E-state index contributed by atoms with van der Waals surface area (Å²) < 4.78 is 14.8. The molecule has 0 spiro atoms. The van der Waals surface area contributed by atoms with E-state index in [2.05, 4.69) is 4.98 Å². The van der Waals surface area contributed by atoms with Crippen molar-refractivity contribution in [2.75, 3.05) is 4.90 Å². The number of hydrogen-bond donors (Lipinski definition) is 1. The van der Waals surface area contributed by atoms with Crippen LogP contribution in [0.4, 0.5) is 10.1 Å². The Morgan fingerprint density at radius 2 is 1.86 bits per heavy atom. The van der Waals surface area contributed by atoms with Crippen molar-refractivity contribution < 1.29 is 9.18 Å². The fourth-order valence-corrected chi connectivity index (χ4v) is 3.61. The molecule has 3 aromatic rings. The molecule has 1 aliphatic rings. The number of H-pyrrole nitrogens is 1. The van der Waals surface area contributed by atoms with Gasteiger partial charge in [0.25, 0.3) is 11.5 Å². The molecule has 0 bridgehead atoms. The second-order valence-corrected chi connectivity index (χ2v) is 6.85. The number of benzene rings is 2. The first-order chi connectivity index (χ1) is 13.5. The molecule has 1 unspecified atom stereocenters. The van der Waals surface area contributed by atoms with E-state index >= 15 is 0 Å². The third kappa shape index (κ3) is 2.94. The van der Waals surface area contributed by atoms with Gasteiger partial charge >= 0.3 is 5.69 Å². The number of aromatic nitrogens is 2. The summed E-state index contributed by atoms with van der Waals surface area (Å²) in [5.74, 6) is -1.01. The third-order valence-corrected chi connectivity index (χ3v) is 5.00. The van der Waals surface area contributed by atoms with Gasteiger partial charge in [0, 0.05) is 23.5 Å². The lowest BCUT2D eigenvalue weighted by molar-refractivity contribution is 0.0979.